The molecule has 1 aromatic carbocycles. The number of nitrogens with one attached hydrogen (secondary N) is 1. The molecule has 8 nitrogen and oxygen atoms in total. The van der Waals surface area contributed by atoms with Crippen molar-refractivity contribution in [2.75, 3.05) is 47.5 Å². The average Bonchev–Trinajstić information content (AvgIpc) is 3.13. The number of nitrogens with zero attached hydrogens (tertiary/aromatic N) is 3. The molecule has 0 aliphatic carbocycles. The van der Waals surface area contributed by atoms with Crippen molar-refractivity contribution >= 4 is 17.4 Å². The Balaban J connectivity index is 1.66. The van der Waals surface area contributed by atoms with Crippen LogP contribution in [0.2, 0.25) is 0 Å². The number of ether oxygens (including phenoxy) is 3. The minimum absolute atomic E-state index is 0.0326. The molecule has 3 rings (SSSR count). The van der Waals surface area contributed by atoms with Gasteiger partial charge in [0.25, 0.3) is 5.91 Å². The van der Waals surface area contributed by atoms with Crippen molar-refractivity contribution in [3.05, 3.63) is 28.3 Å². The summed E-state index contributed by atoms with van der Waals surface area (Å²) in [6.07, 6.45) is 0. The number of methoxy groups -OCH3 is 3. The third kappa shape index (κ3) is 3.98. The molecular weight excluding hydrogens is 368 g/mol. The van der Waals surface area contributed by atoms with Crippen molar-refractivity contribution in [1.29, 1.82) is 0 Å². The average molecular weight is 393 g/mol. The molecule has 2 aromatic rings. The van der Waals surface area contributed by atoms with Crippen LogP contribution in [0.5, 0.6) is 17.2 Å². The van der Waals surface area contributed by atoms with E-state index in [2.05, 4.69) is 9.59 Å². The molecule has 0 spiro atoms. The quantitative estimate of drug-likeness (QED) is 0.766. The molecule has 1 aromatic heterocycles. The first-order chi connectivity index (χ1) is 13.1. The molecule has 1 N–H and O–H groups in total. The molecule has 146 valence electrons. The minimum atomic E-state index is 0.0326. The van der Waals surface area contributed by atoms with E-state index in [-0.39, 0.29) is 5.91 Å². The van der Waals surface area contributed by atoms with Gasteiger partial charge in [-0.05, 0) is 30.6 Å². The first-order valence-corrected chi connectivity index (χ1v) is 9.56. The van der Waals surface area contributed by atoms with Gasteiger partial charge in [0.05, 0.1) is 58.8 Å². The minimum Gasteiger partial charge on any atom is -0.493 e. The first-order valence-electron chi connectivity index (χ1n) is 8.78. The number of hydrogen-bond donors (Lipinski definition) is 1. The van der Waals surface area contributed by atoms with Gasteiger partial charge in [0.15, 0.2) is 11.5 Å². The van der Waals surface area contributed by atoms with Gasteiger partial charge in [0.1, 0.15) is 11.4 Å². The number of aromatic nitrogens is 2. The topological polar surface area (TPSA) is 78.2 Å². The van der Waals surface area contributed by atoms with Crippen LogP contribution in [-0.2, 0) is 6.54 Å². The first kappa shape index (κ1) is 19.4. The predicted molar refractivity (Wildman–Crippen MR) is 101 cm³/mol. The van der Waals surface area contributed by atoms with E-state index < -0.39 is 0 Å². The van der Waals surface area contributed by atoms with E-state index in [1.54, 1.807) is 21.3 Å². The normalized spacial score (nSPS) is 14.9. The zero-order valence-electron chi connectivity index (χ0n) is 16.1. The van der Waals surface area contributed by atoms with Crippen LogP contribution in [0.4, 0.5) is 0 Å². The van der Waals surface area contributed by atoms with Crippen LogP contribution < -0.4 is 19.1 Å². The zero-order chi connectivity index (χ0) is 19.4. The summed E-state index contributed by atoms with van der Waals surface area (Å²) >= 11 is 1.17. The number of carbonyl (C=O) groups is 1. The molecule has 2 heterocycles. The summed E-state index contributed by atoms with van der Waals surface area (Å²) in [5.41, 5.74) is 1.77. The van der Waals surface area contributed by atoms with Crippen LogP contribution in [0, 0.1) is 6.92 Å². The fourth-order valence-electron chi connectivity index (χ4n) is 3.35. The number of amides is 1. The lowest BCUT2D eigenvalue weighted by molar-refractivity contribution is -0.917. The van der Waals surface area contributed by atoms with Crippen molar-refractivity contribution in [3.8, 4) is 17.2 Å². The Morgan fingerprint density at radius 3 is 2.41 bits per heavy atom. The molecule has 1 fully saturated rings. The maximum atomic E-state index is 12.6. The van der Waals surface area contributed by atoms with Gasteiger partial charge in [-0.2, -0.15) is 0 Å². The second-order valence-electron chi connectivity index (χ2n) is 6.40. The van der Waals surface area contributed by atoms with Gasteiger partial charge in [0, 0.05) is 0 Å². The van der Waals surface area contributed by atoms with Crippen LogP contribution in [0.3, 0.4) is 0 Å². The highest BCUT2D eigenvalue weighted by atomic mass is 32.1. The van der Waals surface area contributed by atoms with E-state index in [0.29, 0.717) is 40.9 Å². The monoisotopic (exact) mass is 393 g/mol. The van der Waals surface area contributed by atoms with Crippen molar-refractivity contribution < 1.29 is 23.9 Å². The molecule has 1 aliphatic heterocycles. The van der Waals surface area contributed by atoms with Crippen LogP contribution >= 0.6 is 11.5 Å². The SMILES string of the molecule is COc1ccc(C[NH+]2CCN(C(=O)c3snnc3C)CC2)c(OC)c1OC. The van der Waals surface area contributed by atoms with Crippen LogP contribution in [0.25, 0.3) is 0 Å². The summed E-state index contributed by atoms with van der Waals surface area (Å²) in [7, 11) is 4.86. The maximum absolute atomic E-state index is 12.6. The van der Waals surface area contributed by atoms with Crippen LogP contribution in [0.15, 0.2) is 12.1 Å². The standard InChI is InChI=1S/C18H24N4O4S/c1-12-17(27-20-19-12)18(23)22-9-7-21(8-10-22)11-13-5-6-14(24-2)16(26-4)15(13)25-3/h5-6H,7-11H2,1-4H3/p+1. The summed E-state index contributed by atoms with van der Waals surface area (Å²) in [6.45, 7) is 5.78. The number of aryl methyl sites for hydroxylation is 1. The highest BCUT2D eigenvalue weighted by molar-refractivity contribution is 7.07. The number of carbonyl (C=O) groups excluding carboxylic acids is 1. The maximum Gasteiger partial charge on any atom is 0.267 e. The summed E-state index contributed by atoms with van der Waals surface area (Å²) in [4.78, 5) is 16.5. The Morgan fingerprint density at radius 2 is 1.85 bits per heavy atom. The number of quaternary nitrogens is 1. The second-order valence-corrected chi connectivity index (χ2v) is 7.15. The fraction of sp³-hybridized carbons (Fsp3) is 0.500. The number of hydrogen-bond acceptors (Lipinski definition) is 7. The largest absolute Gasteiger partial charge is 0.493 e. The van der Waals surface area contributed by atoms with E-state index in [0.717, 1.165) is 25.2 Å². The zero-order valence-corrected chi connectivity index (χ0v) is 16.9. The predicted octanol–water partition coefficient (Wildman–Crippen LogP) is 0.413. The molecule has 0 bridgehead atoms. The summed E-state index contributed by atoms with van der Waals surface area (Å²) in [6, 6.07) is 3.91. The van der Waals surface area contributed by atoms with Crippen molar-refractivity contribution in [3.63, 3.8) is 0 Å². The van der Waals surface area contributed by atoms with Crippen molar-refractivity contribution in [2.45, 2.75) is 13.5 Å². The van der Waals surface area contributed by atoms with Gasteiger partial charge in [-0.3, -0.25) is 4.79 Å². The van der Waals surface area contributed by atoms with E-state index in [9.17, 15) is 4.79 Å². The smallest absolute Gasteiger partial charge is 0.267 e. The molecule has 1 amide bonds. The molecule has 1 aliphatic rings. The highest BCUT2D eigenvalue weighted by Crippen LogP contribution is 2.39. The Hall–Kier alpha value is -2.39. The van der Waals surface area contributed by atoms with E-state index >= 15 is 0 Å². The lowest BCUT2D eigenvalue weighted by Gasteiger charge is -2.32. The molecule has 0 radical (unpaired) electrons. The summed E-state index contributed by atoms with van der Waals surface area (Å²) in [5.74, 6) is 2.00. The van der Waals surface area contributed by atoms with Gasteiger partial charge >= 0.3 is 0 Å². The number of piperazine rings is 1. The van der Waals surface area contributed by atoms with Crippen LogP contribution in [-0.4, -0.2) is 67.9 Å². The Morgan fingerprint density at radius 1 is 1.15 bits per heavy atom. The summed E-state index contributed by atoms with van der Waals surface area (Å²) in [5, 5.41) is 3.93. The Labute approximate surface area is 162 Å². The number of rotatable bonds is 6. The Kier molecular flexibility index (Phi) is 6.12. The lowest BCUT2D eigenvalue weighted by atomic mass is 10.1. The fourth-order valence-corrected chi connectivity index (χ4v) is 3.97. The summed E-state index contributed by atoms with van der Waals surface area (Å²) < 4.78 is 20.2. The third-order valence-electron chi connectivity index (χ3n) is 4.83. The van der Waals surface area contributed by atoms with Gasteiger partial charge in [0.2, 0.25) is 5.75 Å². The van der Waals surface area contributed by atoms with Gasteiger partial charge < -0.3 is 24.0 Å². The molecule has 1 saturated heterocycles. The second kappa shape index (κ2) is 8.53. The van der Waals surface area contributed by atoms with Gasteiger partial charge in [-0.25, -0.2) is 0 Å². The van der Waals surface area contributed by atoms with Crippen molar-refractivity contribution in [1.82, 2.24) is 14.5 Å². The molecule has 0 atom stereocenters. The van der Waals surface area contributed by atoms with Gasteiger partial charge in [-0.1, -0.05) is 4.49 Å². The molecule has 0 saturated carbocycles. The molecule has 9 heteroatoms. The molecular formula is C18H25N4O4S+. The van der Waals surface area contributed by atoms with E-state index in [1.165, 1.54) is 16.4 Å². The van der Waals surface area contributed by atoms with E-state index in [1.807, 2.05) is 24.0 Å². The van der Waals surface area contributed by atoms with Gasteiger partial charge in [-0.15, -0.1) is 5.10 Å². The number of benzene rings is 1. The molecule has 27 heavy (non-hydrogen) atoms. The molecule has 0 unspecified atom stereocenters. The highest BCUT2D eigenvalue weighted by Gasteiger charge is 2.28. The lowest BCUT2D eigenvalue weighted by Crippen LogP contribution is -3.13. The Bertz CT molecular complexity index is 803. The van der Waals surface area contributed by atoms with Crippen LogP contribution in [0.1, 0.15) is 20.9 Å². The third-order valence-corrected chi connectivity index (χ3v) is 5.65. The van der Waals surface area contributed by atoms with E-state index in [4.69, 9.17) is 14.2 Å². The van der Waals surface area contributed by atoms with Crippen molar-refractivity contribution in [2.24, 2.45) is 0 Å².